The Morgan fingerprint density at radius 1 is 1.04 bits per heavy atom. The van der Waals surface area contributed by atoms with E-state index in [1.807, 2.05) is 35.6 Å². The van der Waals surface area contributed by atoms with Crippen molar-refractivity contribution in [1.82, 2.24) is 20.0 Å². The van der Waals surface area contributed by atoms with Crippen LogP contribution in [0.25, 0.3) is 0 Å². The molecule has 0 aromatic heterocycles. The summed E-state index contributed by atoms with van der Waals surface area (Å²) < 4.78 is 0. The summed E-state index contributed by atoms with van der Waals surface area (Å²) in [7, 11) is 1.97. The van der Waals surface area contributed by atoms with Crippen molar-refractivity contribution in [2.24, 2.45) is 5.92 Å². The summed E-state index contributed by atoms with van der Waals surface area (Å²) in [5.74, 6) is 0.381. The number of hydrogen-bond donors (Lipinski definition) is 1. The zero-order chi connectivity index (χ0) is 16.8. The lowest BCUT2D eigenvalue weighted by Gasteiger charge is -2.38. The second-order valence-corrected chi connectivity index (χ2v) is 6.63. The Morgan fingerprint density at radius 3 is 2.26 bits per heavy atom. The van der Waals surface area contributed by atoms with Crippen LogP contribution < -0.4 is 5.32 Å². The number of amides is 3. The molecule has 1 unspecified atom stereocenters. The van der Waals surface area contributed by atoms with Crippen molar-refractivity contribution in [2.45, 2.75) is 45.6 Å². The SMILES string of the molecule is CCN(CC)C(=O)N1CCC(C(=O)N2CCCC(NC)C2)CC1. The molecular formula is C17H32N4O2. The van der Waals surface area contributed by atoms with Crippen molar-refractivity contribution < 1.29 is 9.59 Å². The predicted molar refractivity (Wildman–Crippen MR) is 91.3 cm³/mol. The van der Waals surface area contributed by atoms with Gasteiger partial charge in [-0.05, 0) is 46.6 Å². The van der Waals surface area contributed by atoms with Crippen molar-refractivity contribution >= 4 is 11.9 Å². The third-order valence-electron chi connectivity index (χ3n) is 5.29. The number of piperidine rings is 2. The van der Waals surface area contributed by atoms with Crippen molar-refractivity contribution in [3.8, 4) is 0 Å². The fraction of sp³-hybridized carbons (Fsp3) is 0.882. The van der Waals surface area contributed by atoms with Gasteiger partial charge in [0.05, 0.1) is 0 Å². The second kappa shape index (κ2) is 8.52. The van der Waals surface area contributed by atoms with Gasteiger partial charge in [-0.25, -0.2) is 4.79 Å². The lowest BCUT2D eigenvalue weighted by molar-refractivity contribution is -0.138. The summed E-state index contributed by atoms with van der Waals surface area (Å²) in [4.78, 5) is 30.9. The maximum atomic E-state index is 12.7. The van der Waals surface area contributed by atoms with Crippen LogP contribution in [0.4, 0.5) is 4.79 Å². The molecule has 2 heterocycles. The van der Waals surface area contributed by atoms with Crippen LogP contribution in [0.2, 0.25) is 0 Å². The van der Waals surface area contributed by atoms with E-state index in [0.717, 1.165) is 51.9 Å². The van der Waals surface area contributed by atoms with E-state index in [4.69, 9.17) is 0 Å². The molecule has 0 aliphatic carbocycles. The largest absolute Gasteiger partial charge is 0.341 e. The normalized spacial score (nSPS) is 23.0. The molecule has 2 aliphatic rings. The Kier molecular flexibility index (Phi) is 6.69. The first-order chi connectivity index (χ1) is 11.1. The number of likely N-dealkylation sites (tertiary alicyclic amines) is 2. The van der Waals surface area contributed by atoms with E-state index in [1.54, 1.807) is 0 Å². The number of nitrogens with one attached hydrogen (secondary N) is 1. The average Bonchev–Trinajstić information content (AvgIpc) is 2.62. The predicted octanol–water partition coefficient (Wildman–Crippen LogP) is 1.37. The standard InChI is InChI=1S/C17H32N4O2/c1-4-19(5-2)17(23)20-11-8-14(9-12-20)16(22)21-10-6-7-15(13-21)18-3/h14-15,18H,4-13H2,1-3H3. The molecule has 2 fully saturated rings. The van der Waals surface area contributed by atoms with Crippen LogP contribution in [0.5, 0.6) is 0 Å². The summed E-state index contributed by atoms with van der Waals surface area (Å²) in [5.41, 5.74) is 0. The first kappa shape index (κ1) is 18.0. The third kappa shape index (κ3) is 4.37. The molecule has 0 bridgehead atoms. The number of rotatable bonds is 4. The molecule has 2 saturated heterocycles. The number of likely N-dealkylation sites (N-methyl/N-ethyl adjacent to an activating group) is 1. The zero-order valence-electron chi connectivity index (χ0n) is 14.9. The minimum absolute atomic E-state index is 0.0892. The van der Waals surface area contributed by atoms with Crippen LogP contribution in [0, 0.1) is 5.92 Å². The monoisotopic (exact) mass is 324 g/mol. The van der Waals surface area contributed by atoms with Crippen LogP contribution in [-0.4, -0.2) is 79.0 Å². The van der Waals surface area contributed by atoms with E-state index < -0.39 is 0 Å². The zero-order valence-corrected chi connectivity index (χ0v) is 14.9. The maximum Gasteiger partial charge on any atom is 0.319 e. The van der Waals surface area contributed by atoms with E-state index in [2.05, 4.69) is 5.32 Å². The average molecular weight is 324 g/mol. The summed E-state index contributed by atoms with van der Waals surface area (Å²) in [6.45, 7) is 8.62. The molecule has 1 atom stereocenters. The Balaban J connectivity index is 1.84. The molecule has 0 aromatic rings. The molecule has 6 heteroatoms. The van der Waals surface area contributed by atoms with Crippen molar-refractivity contribution in [2.75, 3.05) is 46.3 Å². The van der Waals surface area contributed by atoms with Crippen LogP contribution in [0.15, 0.2) is 0 Å². The molecule has 132 valence electrons. The van der Waals surface area contributed by atoms with E-state index in [1.165, 1.54) is 0 Å². The Hall–Kier alpha value is -1.30. The molecule has 0 aromatic carbocycles. The molecule has 3 amide bonds. The first-order valence-corrected chi connectivity index (χ1v) is 9.10. The number of carbonyl (C=O) groups excluding carboxylic acids is 2. The fourth-order valence-corrected chi connectivity index (χ4v) is 3.68. The third-order valence-corrected chi connectivity index (χ3v) is 5.29. The van der Waals surface area contributed by atoms with Gasteiger partial charge in [-0.2, -0.15) is 0 Å². The summed E-state index contributed by atoms with van der Waals surface area (Å²) >= 11 is 0. The molecule has 0 spiro atoms. The van der Waals surface area contributed by atoms with Gasteiger partial charge >= 0.3 is 6.03 Å². The van der Waals surface area contributed by atoms with Crippen LogP contribution in [0.1, 0.15) is 39.5 Å². The van der Waals surface area contributed by atoms with E-state index >= 15 is 0 Å². The van der Waals surface area contributed by atoms with Gasteiger partial charge in [0.25, 0.3) is 0 Å². The van der Waals surface area contributed by atoms with Crippen LogP contribution >= 0.6 is 0 Å². The molecular weight excluding hydrogens is 292 g/mol. The van der Waals surface area contributed by atoms with E-state index in [9.17, 15) is 9.59 Å². The minimum atomic E-state index is 0.0892. The number of hydrogen-bond acceptors (Lipinski definition) is 3. The molecule has 2 rings (SSSR count). The number of urea groups is 1. The van der Waals surface area contributed by atoms with Crippen molar-refractivity contribution in [3.63, 3.8) is 0 Å². The number of nitrogens with zero attached hydrogens (tertiary/aromatic N) is 3. The van der Waals surface area contributed by atoms with Gasteiger partial charge in [-0.3, -0.25) is 4.79 Å². The van der Waals surface area contributed by atoms with Gasteiger partial charge in [0.1, 0.15) is 0 Å². The van der Waals surface area contributed by atoms with Gasteiger partial charge in [-0.15, -0.1) is 0 Å². The summed E-state index contributed by atoms with van der Waals surface area (Å²) in [6, 6.07) is 0.547. The van der Waals surface area contributed by atoms with Crippen molar-refractivity contribution in [1.29, 1.82) is 0 Å². The van der Waals surface area contributed by atoms with Gasteiger partial charge in [0.15, 0.2) is 0 Å². The highest BCUT2D eigenvalue weighted by Crippen LogP contribution is 2.22. The lowest BCUT2D eigenvalue weighted by Crippen LogP contribution is -2.52. The summed E-state index contributed by atoms with van der Waals surface area (Å²) in [5, 5.41) is 3.29. The highest BCUT2D eigenvalue weighted by molar-refractivity contribution is 5.80. The van der Waals surface area contributed by atoms with Gasteiger partial charge in [0, 0.05) is 51.2 Å². The Labute approximate surface area is 140 Å². The fourth-order valence-electron chi connectivity index (χ4n) is 3.68. The smallest absolute Gasteiger partial charge is 0.319 e. The van der Waals surface area contributed by atoms with Crippen molar-refractivity contribution in [3.05, 3.63) is 0 Å². The number of carbonyl (C=O) groups is 2. The van der Waals surface area contributed by atoms with Gasteiger partial charge < -0.3 is 20.0 Å². The van der Waals surface area contributed by atoms with E-state index in [0.29, 0.717) is 25.0 Å². The molecule has 0 radical (unpaired) electrons. The molecule has 6 nitrogen and oxygen atoms in total. The van der Waals surface area contributed by atoms with Gasteiger partial charge in [-0.1, -0.05) is 0 Å². The summed E-state index contributed by atoms with van der Waals surface area (Å²) in [6.07, 6.45) is 3.83. The highest BCUT2D eigenvalue weighted by Gasteiger charge is 2.32. The second-order valence-electron chi connectivity index (χ2n) is 6.63. The lowest BCUT2D eigenvalue weighted by atomic mass is 9.94. The Bertz CT molecular complexity index is 403. The Morgan fingerprint density at radius 2 is 1.70 bits per heavy atom. The molecule has 2 aliphatic heterocycles. The van der Waals surface area contributed by atoms with Crippen LogP contribution in [-0.2, 0) is 4.79 Å². The van der Waals surface area contributed by atoms with Gasteiger partial charge in [0.2, 0.25) is 5.91 Å². The molecule has 23 heavy (non-hydrogen) atoms. The first-order valence-electron chi connectivity index (χ1n) is 9.10. The molecule has 0 saturated carbocycles. The topological polar surface area (TPSA) is 55.9 Å². The van der Waals surface area contributed by atoms with Crippen LogP contribution in [0.3, 0.4) is 0 Å². The molecule has 1 N–H and O–H groups in total. The highest BCUT2D eigenvalue weighted by atomic mass is 16.2. The maximum absolute atomic E-state index is 12.7. The minimum Gasteiger partial charge on any atom is -0.341 e. The quantitative estimate of drug-likeness (QED) is 0.850. The van der Waals surface area contributed by atoms with E-state index in [-0.39, 0.29) is 11.9 Å².